The normalized spacial score (nSPS) is 28.9. The van der Waals surface area contributed by atoms with E-state index in [-0.39, 0.29) is 36.2 Å². The van der Waals surface area contributed by atoms with E-state index in [4.69, 9.17) is 20.9 Å². The minimum absolute atomic E-state index is 0.0231. The molecular formula is C41H60N6O6S2. The lowest BCUT2D eigenvalue weighted by molar-refractivity contribution is -0.148. The number of benzene rings is 1. The van der Waals surface area contributed by atoms with Gasteiger partial charge in [0.05, 0.1) is 17.8 Å². The highest BCUT2D eigenvalue weighted by atomic mass is 33.1. The molecule has 1 saturated carbocycles. The number of phenolic OH excluding ortho intramolecular Hbond substituents is 1. The van der Waals surface area contributed by atoms with Gasteiger partial charge in [-0.05, 0) is 81.1 Å². The molecule has 0 unspecified atom stereocenters. The number of phenols is 1. The number of esters is 1. The van der Waals surface area contributed by atoms with E-state index in [2.05, 4.69) is 33.9 Å². The van der Waals surface area contributed by atoms with Crippen molar-refractivity contribution in [2.45, 2.75) is 122 Å². The van der Waals surface area contributed by atoms with Crippen molar-refractivity contribution in [1.29, 1.82) is 0 Å². The Bertz CT molecular complexity index is 1650. The number of ether oxygens (including phenoxy) is 2. The summed E-state index contributed by atoms with van der Waals surface area (Å²) in [6, 6.07) is 2.00. The second kappa shape index (κ2) is 19.6. The van der Waals surface area contributed by atoms with Crippen LogP contribution in [-0.4, -0.2) is 82.5 Å². The molecule has 8 N–H and O–H groups in total. The molecule has 0 aromatic heterocycles. The summed E-state index contributed by atoms with van der Waals surface area (Å²) >= 11 is 0. The van der Waals surface area contributed by atoms with Gasteiger partial charge in [0.15, 0.2) is 17.5 Å². The minimum atomic E-state index is -0.575. The van der Waals surface area contributed by atoms with Crippen LogP contribution < -0.4 is 26.8 Å². The van der Waals surface area contributed by atoms with Gasteiger partial charge in [0, 0.05) is 74.2 Å². The average molecular weight is 797 g/mol. The van der Waals surface area contributed by atoms with E-state index in [1.165, 1.54) is 6.92 Å². The predicted octanol–water partition coefficient (Wildman–Crippen LogP) is 5.62. The summed E-state index contributed by atoms with van der Waals surface area (Å²) < 4.78 is 12.4. The zero-order valence-corrected chi connectivity index (χ0v) is 33.9. The molecule has 14 heteroatoms. The van der Waals surface area contributed by atoms with Crippen LogP contribution in [0.5, 0.6) is 11.5 Å². The maximum atomic E-state index is 14.0. The van der Waals surface area contributed by atoms with Crippen LogP contribution in [0.25, 0.3) is 6.08 Å². The van der Waals surface area contributed by atoms with Crippen molar-refractivity contribution >= 4 is 45.5 Å². The molecule has 302 valence electrons. The maximum absolute atomic E-state index is 14.0. The van der Waals surface area contributed by atoms with Crippen LogP contribution in [0.4, 0.5) is 0 Å². The number of guanidine groups is 1. The van der Waals surface area contributed by atoms with Gasteiger partial charge in [-0.25, -0.2) is 4.99 Å². The number of aliphatic imine (C=N–C) groups is 1. The van der Waals surface area contributed by atoms with E-state index in [1.54, 1.807) is 21.6 Å². The predicted molar refractivity (Wildman–Crippen MR) is 221 cm³/mol. The van der Waals surface area contributed by atoms with Gasteiger partial charge in [0.2, 0.25) is 5.91 Å². The van der Waals surface area contributed by atoms with Crippen molar-refractivity contribution in [2.24, 2.45) is 27.8 Å². The van der Waals surface area contributed by atoms with Gasteiger partial charge < -0.3 is 46.7 Å². The molecule has 5 atom stereocenters. The first-order chi connectivity index (χ1) is 26.6. The van der Waals surface area contributed by atoms with Crippen molar-refractivity contribution in [1.82, 2.24) is 15.5 Å². The molecule has 1 aromatic carbocycles. The molecule has 2 fully saturated rings. The largest absolute Gasteiger partial charge is 0.504 e. The lowest BCUT2D eigenvalue weighted by Gasteiger charge is -2.31. The fourth-order valence-corrected chi connectivity index (χ4v) is 10.6. The maximum Gasteiger partial charge on any atom is 0.302 e. The van der Waals surface area contributed by atoms with E-state index < -0.39 is 17.6 Å². The number of amides is 1. The number of hydrogen-bond donors (Lipinski definition) is 6. The fourth-order valence-electron chi connectivity index (χ4n) is 8.76. The molecule has 1 saturated heterocycles. The van der Waals surface area contributed by atoms with E-state index >= 15 is 0 Å². The third kappa shape index (κ3) is 11.5. The zero-order chi connectivity index (χ0) is 38.8. The number of carbonyl (C=O) groups excluding carboxylic acids is 2. The first-order valence-electron chi connectivity index (χ1n) is 20.1. The van der Waals surface area contributed by atoms with E-state index in [1.807, 2.05) is 17.0 Å². The fraction of sp³-hybridized carbons (Fsp3) is 0.634. The topological polar surface area (TPSA) is 185 Å². The molecule has 1 aliphatic carbocycles. The first kappa shape index (κ1) is 41.2. The number of aliphatic hydroxyl groups is 1. The van der Waals surface area contributed by atoms with Crippen LogP contribution in [0.2, 0.25) is 0 Å². The average Bonchev–Trinajstić information content (AvgIpc) is 3.65. The lowest BCUT2D eigenvalue weighted by atomic mass is 9.77. The molecule has 12 nitrogen and oxygen atoms in total. The summed E-state index contributed by atoms with van der Waals surface area (Å²) in [5.41, 5.74) is 15.6. The van der Waals surface area contributed by atoms with Gasteiger partial charge in [0.1, 0.15) is 12.2 Å². The van der Waals surface area contributed by atoms with Gasteiger partial charge >= 0.3 is 5.97 Å². The summed E-state index contributed by atoms with van der Waals surface area (Å²) in [4.78, 5) is 32.6. The summed E-state index contributed by atoms with van der Waals surface area (Å²) in [5.74, 6) is 3.03. The van der Waals surface area contributed by atoms with E-state index in [9.17, 15) is 19.8 Å². The lowest BCUT2D eigenvalue weighted by Crippen LogP contribution is -2.37. The molecule has 4 heterocycles. The zero-order valence-electron chi connectivity index (χ0n) is 32.2. The Morgan fingerprint density at radius 3 is 2.80 bits per heavy atom. The Morgan fingerprint density at radius 1 is 1.11 bits per heavy atom. The summed E-state index contributed by atoms with van der Waals surface area (Å²) in [6.45, 7) is 3.34. The van der Waals surface area contributed by atoms with Crippen LogP contribution in [0.3, 0.4) is 0 Å². The standard InChI is InChI=1S/C41H60N6O6S2/c1-27(48)52-33-12-10-30-20-31(38(51)39-34(30)13-11-29-7-6-9-35(29)53-39)24-47-25-41(23-37(47)50,22-28-14-16-44-36(42)19-28)15-17-45-40(43)46-26-55-54-18-5-3-2-4-8-32(49)21-33/h11,13-14,19-20,29,32-33,35,44,49,51H,2-10,12,15-18,21-26,42H2,1H3,(H3,43,45,46)/t29-,32+,33-,35-,41-/m1/s1. The molecule has 0 spiro atoms. The first-order valence-corrected chi connectivity index (χ1v) is 22.6. The molecule has 1 amide bonds. The summed E-state index contributed by atoms with van der Waals surface area (Å²) in [5, 5.41) is 29.3. The van der Waals surface area contributed by atoms with Crippen molar-refractivity contribution in [3.8, 4) is 11.5 Å². The highest BCUT2D eigenvalue weighted by Gasteiger charge is 2.44. The van der Waals surface area contributed by atoms with Crippen LogP contribution >= 0.6 is 21.6 Å². The summed E-state index contributed by atoms with van der Waals surface area (Å²) in [7, 11) is 3.47. The molecule has 55 heavy (non-hydrogen) atoms. The second-order valence-electron chi connectivity index (χ2n) is 15.9. The Hall–Kier alpha value is -3.49. The van der Waals surface area contributed by atoms with Crippen LogP contribution in [0, 0.1) is 11.3 Å². The van der Waals surface area contributed by atoms with Crippen molar-refractivity contribution < 1.29 is 29.3 Å². The third-order valence-electron chi connectivity index (χ3n) is 11.5. The number of nitrogens with one attached hydrogen (secondary N) is 2. The van der Waals surface area contributed by atoms with E-state index in [0.717, 1.165) is 67.4 Å². The molecule has 4 aliphatic heterocycles. The highest BCUT2D eigenvalue weighted by molar-refractivity contribution is 8.76. The van der Waals surface area contributed by atoms with Gasteiger partial charge in [-0.1, -0.05) is 59.1 Å². The molecule has 6 rings (SSSR count). The number of dihydropyridines is 1. The van der Waals surface area contributed by atoms with E-state index in [0.29, 0.717) is 93.6 Å². The number of aromatic hydroxyl groups is 1. The number of nitrogens with zero attached hydrogens (tertiary/aromatic N) is 2. The Kier molecular flexibility index (Phi) is 14.7. The molecule has 4 bridgehead atoms. The number of carbonyl (C=O) groups is 2. The SMILES string of the molecule is CC(=O)O[C@@H]1CCc2cc(c(O)c3c2C=C[C@H]2CCC[C@H]2O3)CN2C[C@@](CC3=CCNC(N)=C3)(CCNC(N)=NCSSCCCCCC[C@H](O)C1)CC2=O. The number of hydrogen-bond acceptors (Lipinski definition) is 13. The molecular weight excluding hydrogens is 737 g/mol. The molecule has 0 radical (unpaired) electrons. The van der Waals surface area contributed by atoms with Gasteiger partial charge in [-0.3, -0.25) is 9.59 Å². The third-order valence-corrected chi connectivity index (χ3v) is 13.7. The van der Waals surface area contributed by atoms with Gasteiger partial charge in [0.25, 0.3) is 0 Å². The Balaban J connectivity index is 1.30. The molecule has 5 aliphatic rings. The number of nitrogens with two attached hydrogens (primary N) is 2. The van der Waals surface area contributed by atoms with Crippen LogP contribution in [0.15, 0.2) is 40.7 Å². The van der Waals surface area contributed by atoms with Crippen molar-refractivity contribution in [3.63, 3.8) is 0 Å². The quantitative estimate of drug-likeness (QED) is 0.164. The summed E-state index contributed by atoms with van der Waals surface area (Å²) in [6.07, 6.45) is 18.2. The number of allylic oxidation sites excluding steroid dienone is 2. The second-order valence-corrected chi connectivity index (χ2v) is 18.5. The number of rotatable bonds is 3. The molecule has 1 aromatic rings. The van der Waals surface area contributed by atoms with Crippen LogP contribution in [-0.2, 0) is 27.3 Å². The van der Waals surface area contributed by atoms with Crippen molar-refractivity contribution in [2.75, 3.05) is 31.3 Å². The smallest absolute Gasteiger partial charge is 0.302 e. The minimum Gasteiger partial charge on any atom is -0.504 e. The Labute approximate surface area is 333 Å². The van der Waals surface area contributed by atoms with Crippen molar-refractivity contribution in [3.05, 3.63) is 52.4 Å². The number of fused-ring (bicyclic) bond motifs is 7. The number of aryl methyl sites for hydroxylation is 1. The monoisotopic (exact) mass is 796 g/mol. The van der Waals surface area contributed by atoms with Gasteiger partial charge in [-0.15, -0.1) is 0 Å². The number of aliphatic hydroxyl groups excluding tert-OH is 1. The van der Waals surface area contributed by atoms with Crippen LogP contribution in [0.1, 0.15) is 107 Å². The highest BCUT2D eigenvalue weighted by Crippen LogP contribution is 2.46. The Morgan fingerprint density at radius 2 is 1.96 bits per heavy atom. The van der Waals surface area contributed by atoms with Gasteiger partial charge in [-0.2, -0.15) is 0 Å².